The smallest absolute Gasteiger partial charge is 0.229 e. The number of hydrogen-bond acceptors (Lipinski definition) is 3. The van der Waals surface area contributed by atoms with E-state index >= 15 is 0 Å². The number of nitrogens with zero attached hydrogens (tertiary/aromatic N) is 1. The predicted molar refractivity (Wildman–Crippen MR) is 61.6 cm³/mol. The molecule has 0 spiro atoms. The lowest BCUT2D eigenvalue weighted by molar-refractivity contribution is -0.141. The van der Waals surface area contributed by atoms with E-state index in [0.29, 0.717) is 12.5 Å². The molecule has 1 heterocycles. The number of sulfone groups is 1. The fraction of sp³-hybridized carbons (Fsp3) is 0.444. The van der Waals surface area contributed by atoms with Crippen molar-refractivity contribution >= 4 is 33.0 Å². The summed E-state index contributed by atoms with van der Waals surface area (Å²) >= 11 is 10.9. The van der Waals surface area contributed by atoms with Gasteiger partial charge >= 0.3 is 6.18 Å². The minimum absolute atomic E-state index is 0.240. The zero-order valence-electron chi connectivity index (χ0n) is 9.05. The molecule has 0 aromatic carbocycles. The summed E-state index contributed by atoms with van der Waals surface area (Å²) < 4.78 is 60.8. The highest BCUT2D eigenvalue weighted by atomic mass is 35.5. The van der Waals surface area contributed by atoms with Crippen LogP contribution >= 0.6 is 23.2 Å². The van der Waals surface area contributed by atoms with Crippen LogP contribution in [0, 0.1) is 0 Å². The Balaban J connectivity index is 3.42. The van der Waals surface area contributed by atoms with Crippen LogP contribution in [0.15, 0.2) is 11.0 Å². The number of rotatable bonds is 3. The second-order valence-corrected chi connectivity index (χ2v) is 6.27. The molecule has 102 valence electrons. The average molecular weight is 322 g/mol. The summed E-state index contributed by atoms with van der Waals surface area (Å²) in [5.74, 6) is -0.240. The molecule has 0 radical (unpaired) electrons. The van der Waals surface area contributed by atoms with Gasteiger partial charge in [-0.2, -0.15) is 13.2 Å². The van der Waals surface area contributed by atoms with Crippen molar-refractivity contribution in [1.29, 1.82) is 0 Å². The van der Waals surface area contributed by atoms with Crippen molar-refractivity contribution in [2.45, 2.75) is 24.4 Å². The normalized spacial score (nSPS) is 12.8. The van der Waals surface area contributed by atoms with Crippen LogP contribution < -0.4 is 0 Å². The lowest BCUT2D eigenvalue weighted by atomic mass is 10.3. The van der Waals surface area contributed by atoms with Crippen LogP contribution in [0.2, 0.25) is 10.2 Å². The van der Waals surface area contributed by atoms with Gasteiger partial charge in [0.2, 0.25) is 0 Å². The van der Waals surface area contributed by atoms with Gasteiger partial charge in [-0.25, -0.2) is 13.4 Å². The van der Waals surface area contributed by atoms with Crippen LogP contribution in [-0.4, -0.2) is 19.2 Å². The first kappa shape index (κ1) is 15.5. The molecule has 9 heteroatoms. The Bertz CT molecular complexity index is 558. The third kappa shape index (κ3) is 3.27. The van der Waals surface area contributed by atoms with E-state index in [1.807, 2.05) is 0 Å². The van der Waals surface area contributed by atoms with Gasteiger partial charge < -0.3 is 0 Å². The second-order valence-electron chi connectivity index (χ2n) is 3.42. The molecular weight excluding hydrogens is 314 g/mol. The molecule has 18 heavy (non-hydrogen) atoms. The number of alkyl halides is 3. The molecule has 0 amide bonds. The Morgan fingerprint density at radius 2 is 1.89 bits per heavy atom. The number of hydrogen-bond donors (Lipinski definition) is 0. The predicted octanol–water partition coefficient (Wildman–Crippen LogP) is 3.59. The van der Waals surface area contributed by atoms with Crippen LogP contribution in [0.5, 0.6) is 0 Å². The van der Waals surface area contributed by atoms with Crippen molar-refractivity contribution in [3.05, 3.63) is 21.9 Å². The lowest BCUT2D eigenvalue weighted by Crippen LogP contribution is -2.13. The number of pyridine rings is 1. The van der Waals surface area contributed by atoms with Gasteiger partial charge in [-0.3, -0.25) is 0 Å². The Hall–Kier alpha value is -0.530. The summed E-state index contributed by atoms with van der Waals surface area (Å²) in [6, 6.07) is 0.685. The topological polar surface area (TPSA) is 47.0 Å². The fourth-order valence-corrected chi connectivity index (χ4v) is 3.42. The van der Waals surface area contributed by atoms with Crippen LogP contribution in [0.3, 0.4) is 0 Å². The molecule has 0 atom stereocenters. The maximum atomic E-state index is 12.4. The molecular formula is C9H8Cl2F3NO2S. The summed E-state index contributed by atoms with van der Waals surface area (Å²) in [4.78, 5) is 2.54. The van der Waals surface area contributed by atoms with E-state index in [1.54, 1.807) is 6.92 Å². The van der Waals surface area contributed by atoms with E-state index in [4.69, 9.17) is 23.2 Å². The monoisotopic (exact) mass is 321 g/mol. The Kier molecular flexibility index (Phi) is 4.51. The van der Waals surface area contributed by atoms with E-state index < -0.39 is 36.8 Å². The molecule has 0 unspecified atom stereocenters. The molecule has 1 aromatic rings. The highest BCUT2D eigenvalue weighted by Gasteiger charge is 2.37. The molecule has 1 aromatic heterocycles. The first-order valence-corrected chi connectivity index (χ1v) is 7.16. The molecule has 0 aliphatic rings. The summed E-state index contributed by atoms with van der Waals surface area (Å²) in [5, 5.41) is -1.51. The van der Waals surface area contributed by atoms with E-state index in [0.717, 1.165) is 0 Å². The number of halogens is 5. The van der Waals surface area contributed by atoms with Gasteiger partial charge in [0.15, 0.2) is 15.5 Å². The van der Waals surface area contributed by atoms with E-state index in [1.165, 1.54) is 0 Å². The van der Waals surface area contributed by atoms with Gasteiger partial charge in [-0.1, -0.05) is 30.1 Å². The minimum Gasteiger partial charge on any atom is -0.229 e. The fourth-order valence-electron chi connectivity index (χ4n) is 1.25. The Labute approximate surface area is 112 Å². The van der Waals surface area contributed by atoms with Crippen molar-refractivity contribution in [2.24, 2.45) is 0 Å². The molecule has 0 aliphatic heterocycles. The molecule has 0 saturated carbocycles. The molecule has 0 fully saturated rings. The Morgan fingerprint density at radius 1 is 1.33 bits per heavy atom. The van der Waals surface area contributed by atoms with Gasteiger partial charge in [0.25, 0.3) is 0 Å². The van der Waals surface area contributed by atoms with E-state index in [2.05, 4.69) is 4.98 Å². The summed E-state index contributed by atoms with van der Waals surface area (Å²) in [6.07, 6.45) is -4.48. The zero-order chi connectivity index (χ0) is 14.1. The first-order valence-electron chi connectivity index (χ1n) is 4.75. The van der Waals surface area contributed by atoms with Crippen LogP contribution in [0.25, 0.3) is 0 Å². The van der Waals surface area contributed by atoms with Crippen molar-refractivity contribution in [2.75, 3.05) is 5.75 Å². The lowest BCUT2D eigenvalue weighted by Gasteiger charge is -2.11. The van der Waals surface area contributed by atoms with Gasteiger partial charge in [0.05, 0.1) is 10.8 Å². The van der Waals surface area contributed by atoms with Gasteiger partial charge in [0, 0.05) is 0 Å². The number of aromatic nitrogens is 1. The molecule has 1 rings (SSSR count). The van der Waals surface area contributed by atoms with Gasteiger partial charge in [-0.15, -0.1) is 0 Å². The molecule has 0 aliphatic carbocycles. The highest BCUT2D eigenvalue weighted by molar-refractivity contribution is 7.91. The van der Waals surface area contributed by atoms with Crippen molar-refractivity contribution < 1.29 is 21.6 Å². The van der Waals surface area contributed by atoms with E-state index in [-0.39, 0.29) is 5.75 Å². The van der Waals surface area contributed by atoms with E-state index in [9.17, 15) is 21.6 Å². The zero-order valence-corrected chi connectivity index (χ0v) is 11.4. The molecule has 0 saturated heterocycles. The second kappa shape index (κ2) is 5.22. The summed E-state index contributed by atoms with van der Waals surface area (Å²) in [7, 11) is -3.77. The van der Waals surface area contributed by atoms with Crippen LogP contribution in [0.1, 0.15) is 19.0 Å². The Morgan fingerprint density at radius 3 is 2.33 bits per heavy atom. The molecule has 3 nitrogen and oxygen atoms in total. The molecule has 0 bridgehead atoms. The maximum Gasteiger partial charge on any atom is 0.434 e. The van der Waals surface area contributed by atoms with Gasteiger partial charge in [-0.05, 0) is 12.5 Å². The SMILES string of the molecule is CCCS(=O)(=O)c1cc(Cl)c(C(F)(F)F)nc1Cl. The summed E-state index contributed by atoms with van der Waals surface area (Å²) in [6.45, 7) is 1.62. The first-order chi connectivity index (χ1) is 8.09. The third-order valence-corrected chi connectivity index (χ3v) is 4.59. The third-order valence-electron chi connectivity index (χ3n) is 1.97. The van der Waals surface area contributed by atoms with Crippen molar-refractivity contribution in [3.8, 4) is 0 Å². The summed E-state index contributed by atoms with van der Waals surface area (Å²) in [5.41, 5.74) is -1.40. The standard InChI is InChI=1S/C9H8Cl2F3NO2S/c1-2-3-18(16,17)6-4-5(10)7(9(12,13)14)15-8(6)11/h4H,2-3H2,1H3. The van der Waals surface area contributed by atoms with Gasteiger partial charge in [0.1, 0.15) is 10.0 Å². The van der Waals surface area contributed by atoms with Crippen LogP contribution in [0.4, 0.5) is 13.2 Å². The minimum atomic E-state index is -4.78. The van der Waals surface area contributed by atoms with Crippen molar-refractivity contribution in [3.63, 3.8) is 0 Å². The largest absolute Gasteiger partial charge is 0.434 e. The van der Waals surface area contributed by atoms with Crippen LogP contribution in [-0.2, 0) is 16.0 Å². The molecule has 0 N–H and O–H groups in total. The average Bonchev–Trinajstić information content (AvgIpc) is 2.19. The van der Waals surface area contributed by atoms with Crippen molar-refractivity contribution in [1.82, 2.24) is 4.98 Å². The highest BCUT2D eigenvalue weighted by Crippen LogP contribution is 2.36. The quantitative estimate of drug-likeness (QED) is 0.799. The maximum absolute atomic E-state index is 12.4.